The summed E-state index contributed by atoms with van der Waals surface area (Å²) < 4.78 is 5.64. The number of benzene rings is 1. The van der Waals surface area contributed by atoms with E-state index >= 15 is 0 Å². The van der Waals surface area contributed by atoms with Crippen molar-refractivity contribution in [1.29, 1.82) is 0 Å². The Labute approximate surface area is 111 Å². The molecule has 2 aromatic rings. The van der Waals surface area contributed by atoms with Crippen molar-refractivity contribution in [2.24, 2.45) is 5.92 Å². The van der Waals surface area contributed by atoms with E-state index in [9.17, 15) is 4.79 Å². The summed E-state index contributed by atoms with van der Waals surface area (Å²) in [6.45, 7) is 4.64. The number of carbonyl (C=O) groups is 1. The fourth-order valence-electron chi connectivity index (χ4n) is 1.71. The number of aromatic carboxylic acids is 1. The van der Waals surface area contributed by atoms with E-state index < -0.39 is 5.97 Å². The van der Waals surface area contributed by atoms with Crippen LogP contribution in [0.3, 0.4) is 0 Å². The van der Waals surface area contributed by atoms with Gasteiger partial charge >= 0.3 is 5.97 Å². The molecule has 19 heavy (non-hydrogen) atoms. The van der Waals surface area contributed by atoms with Gasteiger partial charge in [0.1, 0.15) is 0 Å². The maximum atomic E-state index is 11.2. The van der Waals surface area contributed by atoms with Gasteiger partial charge in [0, 0.05) is 5.39 Å². The highest BCUT2D eigenvalue weighted by atomic mass is 16.5. The molecule has 0 aliphatic rings. The smallest absolute Gasteiger partial charge is 0.360 e. The van der Waals surface area contributed by atoms with Crippen molar-refractivity contribution >= 4 is 16.9 Å². The van der Waals surface area contributed by atoms with Gasteiger partial charge in [0.15, 0.2) is 5.75 Å². The quantitative estimate of drug-likeness (QED) is 0.894. The van der Waals surface area contributed by atoms with Crippen LogP contribution < -0.4 is 4.74 Å². The lowest BCUT2D eigenvalue weighted by molar-refractivity contribution is 0.0684. The number of fused-ring (bicyclic) bond motifs is 1. The van der Waals surface area contributed by atoms with Gasteiger partial charge in [-0.15, -0.1) is 10.2 Å². The normalized spacial score (nSPS) is 10.9. The molecule has 1 aromatic carbocycles. The minimum atomic E-state index is -1.13. The topological polar surface area (TPSA) is 72.3 Å². The van der Waals surface area contributed by atoms with Crippen molar-refractivity contribution in [3.63, 3.8) is 0 Å². The first-order chi connectivity index (χ1) is 9.09. The molecule has 5 nitrogen and oxygen atoms in total. The van der Waals surface area contributed by atoms with Crippen LogP contribution in [0.15, 0.2) is 24.3 Å². The highest BCUT2D eigenvalue weighted by molar-refractivity contribution is 5.96. The van der Waals surface area contributed by atoms with Crippen molar-refractivity contribution in [2.45, 2.75) is 20.3 Å². The van der Waals surface area contributed by atoms with Crippen molar-refractivity contribution in [1.82, 2.24) is 10.2 Å². The molecule has 0 fully saturated rings. The molecule has 0 bridgehead atoms. The zero-order chi connectivity index (χ0) is 13.8. The summed E-state index contributed by atoms with van der Waals surface area (Å²) in [6.07, 6.45) is 0.857. The SMILES string of the molecule is CC(C)CCOc1c(C(=O)O)nnc2ccccc12. The van der Waals surface area contributed by atoms with Crippen LogP contribution in [0.4, 0.5) is 0 Å². The summed E-state index contributed by atoms with van der Waals surface area (Å²) in [5.74, 6) is -0.328. The Bertz CT molecular complexity index is 596. The lowest BCUT2D eigenvalue weighted by Crippen LogP contribution is -2.10. The van der Waals surface area contributed by atoms with Gasteiger partial charge in [-0.2, -0.15) is 0 Å². The minimum Gasteiger partial charge on any atom is -0.490 e. The molecule has 0 atom stereocenters. The van der Waals surface area contributed by atoms with Gasteiger partial charge in [-0.05, 0) is 24.5 Å². The van der Waals surface area contributed by atoms with E-state index in [1.807, 2.05) is 12.1 Å². The third-order valence-electron chi connectivity index (χ3n) is 2.77. The van der Waals surface area contributed by atoms with Gasteiger partial charge in [-0.3, -0.25) is 0 Å². The number of carboxylic acids is 1. The van der Waals surface area contributed by atoms with E-state index in [1.165, 1.54) is 0 Å². The maximum Gasteiger partial charge on any atom is 0.360 e. The Balaban J connectivity index is 2.41. The van der Waals surface area contributed by atoms with E-state index in [0.29, 0.717) is 29.2 Å². The summed E-state index contributed by atoms with van der Waals surface area (Å²) in [4.78, 5) is 11.2. The molecule has 0 radical (unpaired) electrons. The highest BCUT2D eigenvalue weighted by Gasteiger charge is 2.17. The fraction of sp³-hybridized carbons (Fsp3) is 0.357. The minimum absolute atomic E-state index is 0.137. The first kappa shape index (κ1) is 13.3. The Kier molecular flexibility index (Phi) is 3.94. The number of hydrogen-bond acceptors (Lipinski definition) is 4. The van der Waals surface area contributed by atoms with Crippen molar-refractivity contribution in [3.8, 4) is 5.75 Å². The summed E-state index contributed by atoms with van der Waals surface area (Å²) in [5.41, 5.74) is 0.495. The van der Waals surface area contributed by atoms with E-state index in [2.05, 4.69) is 24.0 Å². The van der Waals surface area contributed by atoms with Crippen LogP contribution in [0.25, 0.3) is 10.9 Å². The van der Waals surface area contributed by atoms with Gasteiger partial charge in [0.2, 0.25) is 5.69 Å². The number of aromatic nitrogens is 2. The Morgan fingerprint density at radius 3 is 2.74 bits per heavy atom. The number of ether oxygens (including phenoxy) is 1. The third-order valence-corrected chi connectivity index (χ3v) is 2.77. The van der Waals surface area contributed by atoms with Crippen LogP contribution in [0.1, 0.15) is 30.8 Å². The van der Waals surface area contributed by atoms with Crippen LogP contribution in [0, 0.1) is 5.92 Å². The van der Waals surface area contributed by atoms with Crippen LogP contribution in [-0.4, -0.2) is 27.9 Å². The average molecular weight is 260 g/mol. The number of carboxylic acid groups (broad SMARTS) is 1. The number of nitrogens with zero attached hydrogens (tertiary/aromatic N) is 2. The van der Waals surface area contributed by atoms with Gasteiger partial charge in [0.05, 0.1) is 12.1 Å². The van der Waals surface area contributed by atoms with E-state index in [1.54, 1.807) is 12.1 Å². The molecule has 100 valence electrons. The van der Waals surface area contributed by atoms with Crippen molar-refractivity contribution in [2.75, 3.05) is 6.61 Å². The second kappa shape index (κ2) is 5.65. The Morgan fingerprint density at radius 1 is 1.32 bits per heavy atom. The molecule has 1 N–H and O–H groups in total. The van der Waals surface area contributed by atoms with Crippen molar-refractivity contribution in [3.05, 3.63) is 30.0 Å². The van der Waals surface area contributed by atoms with Gasteiger partial charge < -0.3 is 9.84 Å². The predicted octanol–water partition coefficient (Wildman–Crippen LogP) is 2.75. The molecule has 0 saturated heterocycles. The van der Waals surface area contributed by atoms with Crippen LogP contribution in [-0.2, 0) is 0 Å². The van der Waals surface area contributed by atoms with E-state index in [4.69, 9.17) is 9.84 Å². The van der Waals surface area contributed by atoms with Gasteiger partial charge in [-0.25, -0.2) is 4.79 Å². The van der Waals surface area contributed by atoms with Gasteiger partial charge in [-0.1, -0.05) is 26.0 Å². The standard InChI is InChI=1S/C14H16N2O3/c1-9(2)7-8-19-13-10-5-3-4-6-11(10)15-16-12(13)14(17)18/h3-6,9H,7-8H2,1-2H3,(H,17,18). The van der Waals surface area contributed by atoms with Crippen LogP contribution in [0.5, 0.6) is 5.75 Å². The molecule has 0 unspecified atom stereocenters. The maximum absolute atomic E-state index is 11.2. The largest absolute Gasteiger partial charge is 0.490 e. The zero-order valence-corrected chi connectivity index (χ0v) is 11.0. The molecule has 0 aliphatic carbocycles. The molecule has 2 rings (SSSR count). The molecule has 0 aliphatic heterocycles. The average Bonchev–Trinajstić information content (AvgIpc) is 2.38. The monoisotopic (exact) mass is 260 g/mol. The second-order valence-electron chi connectivity index (χ2n) is 4.73. The number of rotatable bonds is 5. The Hall–Kier alpha value is -2.17. The summed E-state index contributed by atoms with van der Waals surface area (Å²) in [5, 5.41) is 17.5. The van der Waals surface area contributed by atoms with Crippen LogP contribution >= 0.6 is 0 Å². The first-order valence-electron chi connectivity index (χ1n) is 6.21. The van der Waals surface area contributed by atoms with Crippen LogP contribution in [0.2, 0.25) is 0 Å². The summed E-state index contributed by atoms with van der Waals surface area (Å²) in [6, 6.07) is 7.23. The molecule has 0 saturated carbocycles. The summed E-state index contributed by atoms with van der Waals surface area (Å²) >= 11 is 0. The van der Waals surface area contributed by atoms with E-state index in [0.717, 1.165) is 6.42 Å². The third kappa shape index (κ3) is 2.99. The van der Waals surface area contributed by atoms with Crippen molar-refractivity contribution < 1.29 is 14.6 Å². The van der Waals surface area contributed by atoms with E-state index in [-0.39, 0.29) is 5.69 Å². The molecule has 0 amide bonds. The Morgan fingerprint density at radius 2 is 2.05 bits per heavy atom. The lowest BCUT2D eigenvalue weighted by Gasteiger charge is -2.11. The highest BCUT2D eigenvalue weighted by Crippen LogP contribution is 2.27. The zero-order valence-electron chi connectivity index (χ0n) is 11.0. The molecule has 0 spiro atoms. The lowest BCUT2D eigenvalue weighted by atomic mass is 10.1. The molecule has 1 heterocycles. The molecular formula is C14H16N2O3. The number of hydrogen-bond donors (Lipinski definition) is 1. The summed E-state index contributed by atoms with van der Waals surface area (Å²) in [7, 11) is 0. The second-order valence-corrected chi connectivity index (χ2v) is 4.73. The fourth-order valence-corrected chi connectivity index (χ4v) is 1.71. The molecule has 5 heteroatoms. The molecular weight excluding hydrogens is 244 g/mol. The first-order valence-corrected chi connectivity index (χ1v) is 6.21. The van der Waals surface area contributed by atoms with Gasteiger partial charge in [0.25, 0.3) is 0 Å². The predicted molar refractivity (Wildman–Crippen MR) is 71.4 cm³/mol. The molecule has 1 aromatic heterocycles.